The third kappa shape index (κ3) is 4.01. The summed E-state index contributed by atoms with van der Waals surface area (Å²) in [6.45, 7) is 2.11. The normalized spacial score (nSPS) is 16.2. The lowest BCUT2D eigenvalue weighted by molar-refractivity contribution is 0.181. The van der Waals surface area contributed by atoms with E-state index >= 15 is 0 Å². The minimum absolute atomic E-state index is 0.00191. The fraction of sp³-hybridized carbons (Fsp3) is 0.370. The molecule has 2 aromatic carbocycles. The summed E-state index contributed by atoms with van der Waals surface area (Å²) in [6.07, 6.45) is 6.39. The summed E-state index contributed by atoms with van der Waals surface area (Å²) in [5.41, 5.74) is 4.58. The molecule has 1 fully saturated rings. The molecule has 3 aromatic rings. The van der Waals surface area contributed by atoms with Crippen molar-refractivity contribution in [2.75, 3.05) is 6.61 Å². The second-order valence-electron chi connectivity index (χ2n) is 8.87. The third-order valence-electron chi connectivity index (χ3n) is 6.89. The molecule has 6 heteroatoms. The van der Waals surface area contributed by atoms with Gasteiger partial charge in [-0.25, -0.2) is 9.78 Å². The summed E-state index contributed by atoms with van der Waals surface area (Å²) in [5, 5.41) is -0.353. The lowest BCUT2D eigenvalue weighted by Crippen LogP contribution is -2.43. The van der Waals surface area contributed by atoms with Crippen molar-refractivity contribution in [1.29, 1.82) is 0 Å². The Hall–Kier alpha value is -2.86. The van der Waals surface area contributed by atoms with Gasteiger partial charge in [0.1, 0.15) is 5.82 Å². The molecule has 0 atom stereocenters. The number of carbonyl (C=O) groups is 1. The molecule has 0 amide bonds. The molecule has 2 aliphatic rings. The van der Waals surface area contributed by atoms with Gasteiger partial charge in [0.25, 0.3) is 5.56 Å². The Morgan fingerprint density at radius 1 is 1.06 bits per heavy atom. The third-order valence-corrected chi connectivity index (χ3v) is 7.65. The van der Waals surface area contributed by atoms with E-state index < -0.39 is 0 Å². The second kappa shape index (κ2) is 9.18. The summed E-state index contributed by atoms with van der Waals surface area (Å²) >= 11 is 1.05. The van der Waals surface area contributed by atoms with Crippen LogP contribution < -0.4 is 5.56 Å². The van der Waals surface area contributed by atoms with Crippen molar-refractivity contribution < 1.29 is 9.53 Å². The number of carbonyl (C=O) groups excluding carboxylic acids is 1. The maximum Gasteiger partial charge on any atom is 0.367 e. The van der Waals surface area contributed by atoms with Crippen molar-refractivity contribution in [3.05, 3.63) is 81.9 Å². The minimum Gasteiger partial charge on any atom is -0.458 e. The number of rotatable bonds is 4. The quantitative estimate of drug-likeness (QED) is 0.444. The van der Waals surface area contributed by atoms with Crippen LogP contribution in [0.3, 0.4) is 0 Å². The number of para-hydroxylation sites is 1. The SMILES string of the molecule is CCOC(=O)SCc1nc2c(c(=O)n1-c1ccccc1)C1(CCCCC1)Cc1ccccc1-2. The van der Waals surface area contributed by atoms with Crippen LogP contribution in [0.1, 0.15) is 56.0 Å². The average molecular weight is 461 g/mol. The average Bonchev–Trinajstić information content (AvgIpc) is 2.84. The predicted octanol–water partition coefficient (Wildman–Crippen LogP) is 6.05. The molecule has 33 heavy (non-hydrogen) atoms. The number of ether oxygens (including phenoxy) is 1. The van der Waals surface area contributed by atoms with Crippen LogP contribution >= 0.6 is 11.8 Å². The molecule has 0 bridgehead atoms. The molecular weight excluding hydrogens is 432 g/mol. The summed E-state index contributed by atoms with van der Waals surface area (Å²) in [6, 6.07) is 18.0. The monoisotopic (exact) mass is 460 g/mol. The fourth-order valence-electron chi connectivity index (χ4n) is 5.48. The molecule has 1 aromatic heterocycles. The largest absolute Gasteiger partial charge is 0.458 e. The Balaban J connectivity index is 1.74. The first-order valence-electron chi connectivity index (χ1n) is 11.7. The van der Waals surface area contributed by atoms with E-state index in [1.54, 1.807) is 11.5 Å². The van der Waals surface area contributed by atoms with Gasteiger partial charge in [-0.3, -0.25) is 9.36 Å². The van der Waals surface area contributed by atoms with Crippen molar-refractivity contribution in [3.8, 4) is 16.9 Å². The van der Waals surface area contributed by atoms with Crippen LogP contribution in [-0.4, -0.2) is 21.5 Å². The molecule has 5 nitrogen and oxygen atoms in total. The van der Waals surface area contributed by atoms with Gasteiger partial charge in [-0.1, -0.05) is 61.7 Å². The zero-order valence-electron chi connectivity index (χ0n) is 18.9. The van der Waals surface area contributed by atoms with Crippen molar-refractivity contribution in [3.63, 3.8) is 0 Å². The van der Waals surface area contributed by atoms with Gasteiger partial charge in [0, 0.05) is 11.0 Å². The van der Waals surface area contributed by atoms with Crippen molar-refractivity contribution in [2.24, 2.45) is 0 Å². The van der Waals surface area contributed by atoms with Gasteiger partial charge >= 0.3 is 5.30 Å². The molecule has 0 N–H and O–H groups in total. The lowest BCUT2D eigenvalue weighted by Gasteiger charge is -2.42. The van der Waals surface area contributed by atoms with Crippen LogP contribution in [0.25, 0.3) is 16.9 Å². The molecule has 0 radical (unpaired) electrons. The first-order valence-corrected chi connectivity index (χ1v) is 12.7. The Morgan fingerprint density at radius 2 is 1.79 bits per heavy atom. The van der Waals surface area contributed by atoms with E-state index in [9.17, 15) is 9.59 Å². The number of benzene rings is 2. The molecule has 1 heterocycles. The number of thioether (sulfide) groups is 1. The van der Waals surface area contributed by atoms with E-state index in [-0.39, 0.29) is 22.0 Å². The van der Waals surface area contributed by atoms with E-state index in [4.69, 9.17) is 9.72 Å². The van der Waals surface area contributed by atoms with Crippen LogP contribution in [-0.2, 0) is 22.3 Å². The van der Waals surface area contributed by atoms with E-state index in [0.29, 0.717) is 12.4 Å². The van der Waals surface area contributed by atoms with Gasteiger partial charge in [-0.2, -0.15) is 0 Å². The molecule has 2 aliphatic carbocycles. The molecule has 0 unspecified atom stereocenters. The molecule has 170 valence electrons. The predicted molar refractivity (Wildman–Crippen MR) is 132 cm³/mol. The highest BCUT2D eigenvalue weighted by atomic mass is 32.2. The standard InChI is InChI=1S/C27H28N2O3S/c1-2-32-26(31)33-18-22-28-24-21-14-8-7-11-19(21)17-27(15-9-4-10-16-27)23(24)25(30)29(22)20-12-5-3-6-13-20/h3,5-8,11-14H,2,4,9-10,15-18H2,1H3. The Bertz CT molecular complexity index is 1230. The number of nitrogens with zero attached hydrogens (tertiary/aromatic N) is 2. The molecule has 0 saturated heterocycles. The number of fused-ring (bicyclic) bond motifs is 4. The van der Waals surface area contributed by atoms with E-state index in [2.05, 4.69) is 18.2 Å². The Labute approximate surface area is 198 Å². The van der Waals surface area contributed by atoms with Crippen molar-refractivity contribution in [2.45, 2.75) is 56.6 Å². The fourth-order valence-corrected chi connectivity index (χ4v) is 6.12. The van der Waals surface area contributed by atoms with E-state index in [1.807, 2.05) is 36.4 Å². The van der Waals surface area contributed by atoms with Crippen LogP contribution in [0, 0.1) is 0 Å². The zero-order valence-corrected chi connectivity index (χ0v) is 19.7. The lowest BCUT2D eigenvalue weighted by atomic mass is 9.62. The Kier molecular flexibility index (Phi) is 6.11. The minimum atomic E-state index is -0.353. The molecule has 5 rings (SSSR count). The van der Waals surface area contributed by atoms with Gasteiger partial charge in [-0.15, -0.1) is 0 Å². The number of aromatic nitrogens is 2. The maximum atomic E-state index is 14.3. The summed E-state index contributed by atoms with van der Waals surface area (Å²) in [7, 11) is 0. The number of hydrogen-bond acceptors (Lipinski definition) is 5. The van der Waals surface area contributed by atoms with E-state index in [1.165, 1.54) is 12.0 Å². The molecule has 1 saturated carbocycles. The van der Waals surface area contributed by atoms with Gasteiger partial charge in [-0.05, 0) is 55.6 Å². The maximum absolute atomic E-state index is 14.3. The van der Waals surface area contributed by atoms with Crippen LogP contribution in [0.5, 0.6) is 0 Å². The first-order chi connectivity index (χ1) is 16.1. The molecule has 1 spiro atoms. The second-order valence-corrected chi connectivity index (χ2v) is 9.79. The van der Waals surface area contributed by atoms with Crippen molar-refractivity contribution in [1.82, 2.24) is 9.55 Å². The summed E-state index contributed by atoms with van der Waals surface area (Å²) in [5.74, 6) is 0.844. The van der Waals surface area contributed by atoms with Crippen LogP contribution in [0.15, 0.2) is 59.4 Å². The smallest absolute Gasteiger partial charge is 0.367 e. The topological polar surface area (TPSA) is 61.2 Å². The Morgan fingerprint density at radius 3 is 2.55 bits per heavy atom. The van der Waals surface area contributed by atoms with Gasteiger partial charge < -0.3 is 4.74 Å². The van der Waals surface area contributed by atoms with Gasteiger partial charge in [0.15, 0.2) is 0 Å². The van der Waals surface area contributed by atoms with Crippen LogP contribution in [0.4, 0.5) is 4.79 Å². The molecular formula is C27H28N2O3S. The zero-order chi connectivity index (χ0) is 22.8. The van der Waals surface area contributed by atoms with Crippen LogP contribution in [0.2, 0.25) is 0 Å². The highest BCUT2D eigenvalue weighted by Crippen LogP contribution is 2.48. The number of hydrogen-bond donors (Lipinski definition) is 0. The summed E-state index contributed by atoms with van der Waals surface area (Å²) in [4.78, 5) is 31.5. The van der Waals surface area contributed by atoms with Gasteiger partial charge in [0.05, 0.1) is 29.3 Å². The highest BCUT2D eigenvalue weighted by molar-refractivity contribution is 8.12. The van der Waals surface area contributed by atoms with Gasteiger partial charge in [0.2, 0.25) is 0 Å². The summed E-state index contributed by atoms with van der Waals surface area (Å²) < 4.78 is 6.82. The molecule has 0 aliphatic heterocycles. The first kappa shape index (κ1) is 22.0. The van der Waals surface area contributed by atoms with Crippen molar-refractivity contribution >= 4 is 17.1 Å². The van der Waals surface area contributed by atoms with E-state index in [0.717, 1.165) is 66.4 Å². The highest BCUT2D eigenvalue weighted by Gasteiger charge is 2.43.